The molecule has 0 spiro atoms. The van der Waals surface area contributed by atoms with E-state index in [4.69, 9.17) is 0 Å². The fourth-order valence-electron chi connectivity index (χ4n) is 2.09. The zero-order valence-corrected chi connectivity index (χ0v) is 12.2. The van der Waals surface area contributed by atoms with E-state index in [1.807, 2.05) is 19.9 Å². The molecule has 0 fully saturated rings. The van der Waals surface area contributed by atoms with Crippen LogP contribution in [-0.2, 0) is 6.18 Å². The fourth-order valence-corrected chi connectivity index (χ4v) is 2.09. The van der Waals surface area contributed by atoms with Crippen LogP contribution in [0.3, 0.4) is 0 Å². The maximum absolute atomic E-state index is 12.4. The number of hydrogen-bond donors (Lipinski definition) is 1. The van der Waals surface area contributed by atoms with Crippen molar-refractivity contribution in [3.8, 4) is 0 Å². The Morgan fingerprint density at radius 2 is 1.86 bits per heavy atom. The second kappa shape index (κ2) is 5.75. The van der Waals surface area contributed by atoms with E-state index in [1.165, 1.54) is 0 Å². The quantitative estimate of drug-likeness (QED) is 0.921. The van der Waals surface area contributed by atoms with Crippen molar-refractivity contribution in [2.24, 2.45) is 0 Å². The molecule has 22 heavy (non-hydrogen) atoms. The van der Waals surface area contributed by atoms with E-state index >= 15 is 0 Å². The highest BCUT2D eigenvalue weighted by molar-refractivity contribution is 6.04. The number of nitrogens with zero attached hydrogens (tertiary/aromatic N) is 2. The number of pyridine rings is 2. The topological polar surface area (TPSA) is 54.9 Å². The first-order valence-electron chi connectivity index (χ1n) is 6.48. The van der Waals surface area contributed by atoms with Gasteiger partial charge in [0, 0.05) is 11.9 Å². The Morgan fingerprint density at radius 1 is 1.18 bits per heavy atom. The van der Waals surface area contributed by atoms with Crippen molar-refractivity contribution >= 4 is 11.6 Å². The van der Waals surface area contributed by atoms with Crippen LogP contribution in [0.4, 0.5) is 18.9 Å². The molecule has 0 aliphatic heterocycles. The van der Waals surface area contributed by atoms with Crippen LogP contribution < -0.4 is 5.32 Å². The molecule has 0 saturated heterocycles. The molecule has 116 valence electrons. The van der Waals surface area contributed by atoms with Gasteiger partial charge >= 0.3 is 6.18 Å². The molecule has 0 aliphatic rings. The van der Waals surface area contributed by atoms with E-state index in [-0.39, 0.29) is 5.56 Å². The van der Waals surface area contributed by atoms with E-state index in [2.05, 4.69) is 15.3 Å². The summed E-state index contributed by atoms with van der Waals surface area (Å²) < 4.78 is 37.3. The minimum atomic E-state index is -4.52. The lowest BCUT2D eigenvalue weighted by Gasteiger charge is -2.12. The lowest BCUT2D eigenvalue weighted by atomic mass is 10.1. The Kier molecular flexibility index (Phi) is 4.16. The number of rotatable bonds is 2. The maximum Gasteiger partial charge on any atom is 0.433 e. The Hall–Kier alpha value is -2.44. The van der Waals surface area contributed by atoms with Gasteiger partial charge in [-0.2, -0.15) is 13.2 Å². The Bertz CT molecular complexity index is 686. The molecule has 0 radical (unpaired) electrons. The number of aryl methyl sites for hydroxylation is 3. The Morgan fingerprint density at radius 3 is 2.36 bits per heavy atom. The molecule has 0 bridgehead atoms. The monoisotopic (exact) mass is 309 g/mol. The number of nitrogens with one attached hydrogen (secondary N) is 1. The van der Waals surface area contributed by atoms with Gasteiger partial charge in [-0.15, -0.1) is 0 Å². The minimum absolute atomic E-state index is 0.0485. The zero-order valence-electron chi connectivity index (χ0n) is 12.2. The second-order valence-corrected chi connectivity index (χ2v) is 4.92. The third kappa shape index (κ3) is 3.41. The van der Waals surface area contributed by atoms with Crippen molar-refractivity contribution in [2.45, 2.75) is 26.9 Å². The third-order valence-corrected chi connectivity index (χ3v) is 3.08. The van der Waals surface area contributed by atoms with E-state index in [1.54, 1.807) is 6.92 Å². The first-order chi connectivity index (χ1) is 10.2. The van der Waals surface area contributed by atoms with E-state index in [0.717, 1.165) is 29.6 Å². The summed E-state index contributed by atoms with van der Waals surface area (Å²) in [5.41, 5.74) is 1.87. The lowest BCUT2D eigenvalue weighted by molar-refractivity contribution is -0.141. The summed E-state index contributed by atoms with van der Waals surface area (Å²) in [5.74, 6) is -0.530. The predicted molar refractivity (Wildman–Crippen MR) is 75.6 cm³/mol. The average molecular weight is 309 g/mol. The summed E-state index contributed by atoms with van der Waals surface area (Å²) in [4.78, 5) is 19.6. The minimum Gasteiger partial charge on any atom is -0.320 e. The summed E-state index contributed by atoms with van der Waals surface area (Å²) in [7, 11) is 0. The number of aromatic nitrogens is 2. The average Bonchev–Trinajstić information content (AvgIpc) is 2.41. The van der Waals surface area contributed by atoms with Gasteiger partial charge in [-0.1, -0.05) is 0 Å². The summed E-state index contributed by atoms with van der Waals surface area (Å²) in [6, 6.07) is 3.69. The molecule has 2 rings (SSSR count). The van der Waals surface area contributed by atoms with Crippen molar-refractivity contribution in [1.29, 1.82) is 0 Å². The van der Waals surface area contributed by atoms with Gasteiger partial charge in [0.15, 0.2) is 0 Å². The van der Waals surface area contributed by atoms with Crippen LogP contribution in [0.2, 0.25) is 0 Å². The molecule has 2 aromatic heterocycles. The van der Waals surface area contributed by atoms with Gasteiger partial charge in [0.25, 0.3) is 5.91 Å². The Labute approximate surface area is 125 Å². The van der Waals surface area contributed by atoms with Crippen LogP contribution in [0, 0.1) is 20.8 Å². The zero-order chi connectivity index (χ0) is 16.5. The first kappa shape index (κ1) is 15.9. The summed E-state index contributed by atoms with van der Waals surface area (Å²) in [6.45, 7) is 5.41. The highest BCUT2D eigenvalue weighted by Gasteiger charge is 2.32. The van der Waals surface area contributed by atoms with Crippen molar-refractivity contribution in [1.82, 2.24) is 9.97 Å². The number of carbonyl (C=O) groups excluding carboxylic acids is 1. The van der Waals surface area contributed by atoms with Gasteiger partial charge in [-0.05, 0) is 44.5 Å². The number of amides is 1. The van der Waals surface area contributed by atoms with E-state index < -0.39 is 17.8 Å². The van der Waals surface area contributed by atoms with Crippen molar-refractivity contribution in [3.05, 3.63) is 52.6 Å². The number of anilines is 1. The molecule has 7 heteroatoms. The third-order valence-electron chi connectivity index (χ3n) is 3.08. The van der Waals surface area contributed by atoms with Gasteiger partial charge in [0.1, 0.15) is 5.69 Å². The van der Waals surface area contributed by atoms with Crippen molar-refractivity contribution in [3.63, 3.8) is 0 Å². The summed E-state index contributed by atoms with van der Waals surface area (Å²) >= 11 is 0. The SMILES string of the molecule is Cc1cc(C)c(NC(=O)c2ccc(C(F)(F)F)nc2)c(C)n1. The highest BCUT2D eigenvalue weighted by Crippen LogP contribution is 2.27. The highest BCUT2D eigenvalue weighted by atomic mass is 19.4. The molecule has 4 nitrogen and oxygen atoms in total. The maximum atomic E-state index is 12.4. The molecule has 0 atom stereocenters. The summed E-state index contributed by atoms with van der Waals surface area (Å²) in [5, 5.41) is 2.66. The second-order valence-electron chi connectivity index (χ2n) is 4.92. The summed E-state index contributed by atoms with van der Waals surface area (Å²) in [6.07, 6.45) is -3.62. The van der Waals surface area contributed by atoms with Gasteiger partial charge in [-0.25, -0.2) is 0 Å². The molecule has 2 aromatic rings. The van der Waals surface area contributed by atoms with Crippen molar-refractivity contribution in [2.75, 3.05) is 5.32 Å². The Balaban J connectivity index is 2.23. The standard InChI is InChI=1S/C15H14F3N3O/c1-8-6-9(2)20-10(3)13(8)21-14(22)11-4-5-12(19-7-11)15(16,17)18/h4-7H,1-3H3,(H,21,22). The van der Waals surface area contributed by atoms with Crippen LogP contribution in [0.25, 0.3) is 0 Å². The number of alkyl halides is 3. The molecule has 0 aromatic carbocycles. The van der Waals surface area contributed by atoms with Crippen LogP contribution >= 0.6 is 0 Å². The molecular formula is C15H14F3N3O. The number of hydrogen-bond acceptors (Lipinski definition) is 3. The van der Waals surface area contributed by atoms with Crippen LogP contribution in [0.5, 0.6) is 0 Å². The number of carbonyl (C=O) groups is 1. The lowest BCUT2D eigenvalue weighted by Crippen LogP contribution is -2.16. The largest absolute Gasteiger partial charge is 0.433 e. The molecule has 1 N–H and O–H groups in total. The smallest absolute Gasteiger partial charge is 0.320 e. The van der Waals surface area contributed by atoms with Crippen LogP contribution in [0.15, 0.2) is 24.4 Å². The molecule has 0 saturated carbocycles. The van der Waals surface area contributed by atoms with E-state index in [0.29, 0.717) is 11.4 Å². The molecular weight excluding hydrogens is 295 g/mol. The molecule has 0 unspecified atom stereocenters. The van der Waals surface area contributed by atoms with Crippen molar-refractivity contribution < 1.29 is 18.0 Å². The van der Waals surface area contributed by atoms with Gasteiger partial charge in [-0.3, -0.25) is 14.8 Å². The van der Waals surface area contributed by atoms with Gasteiger partial charge in [0.2, 0.25) is 0 Å². The molecule has 1 amide bonds. The normalized spacial score (nSPS) is 11.4. The first-order valence-corrected chi connectivity index (χ1v) is 6.48. The molecule has 0 aliphatic carbocycles. The fraction of sp³-hybridized carbons (Fsp3) is 0.267. The van der Waals surface area contributed by atoms with Gasteiger partial charge in [0.05, 0.1) is 16.9 Å². The van der Waals surface area contributed by atoms with Crippen LogP contribution in [0.1, 0.15) is 33.0 Å². The van der Waals surface area contributed by atoms with Crippen LogP contribution in [-0.4, -0.2) is 15.9 Å². The predicted octanol–water partition coefficient (Wildman–Crippen LogP) is 3.67. The van der Waals surface area contributed by atoms with Gasteiger partial charge < -0.3 is 5.32 Å². The molecule has 2 heterocycles. The number of halogens is 3. The van der Waals surface area contributed by atoms with E-state index in [9.17, 15) is 18.0 Å².